The summed E-state index contributed by atoms with van der Waals surface area (Å²) in [4.78, 5) is 5.32. The topological polar surface area (TPSA) is 22.8 Å². The number of hydrogen-bond acceptors (Lipinski definition) is 1. The number of pyridine rings is 1. The Balaban J connectivity index is 1.03. The van der Waals surface area contributed by atoms with E-state index in [1.807, 2.05) is 0 Å². The number of rotatable bonds is 4. The van der Waals surface area contributed by atoms with Crippen molar-refractivity contribution < 1.29 is 0 Å². The van der Waals surface area contributed by atoms with Crippen LogP contribution in [-0.2, 0) is 0 Å². The fourth-order valence-corrected chi connectivity index (χ4v) is 9.06. The van der Waals surface area contributed by atoms with E-state index in [0.717, 1.165) is 28.1 Å². The highest BCUT2D eigenvalue weighted by Gasteiger charge is 2.24. The van der Waals surface area contributed by atoms with Gasteiger partial charge in [-0.2, -0.15) is 0 Å². The van der Waals surface area contributed by atoms with Gasteiger partial charge in [0.1, 0.15) is 5.82 Å². The second-order valence-electron chi connectivity index (χ2n) is 14.4. The molecule has 250 valence electrons. The van der Waals surface area contributed by atoms with Gasteiger partial charge in [-0.3, -0.25) is 4.57 Å². The smallest absolute Gasteiger partial charge is 0.138 e. The van der Waals surface area contributed by atoms with E-state index in [9.17, 15) is 0 Å². The number of nitrogens with zero attached hydrogens (tertiary/aromatic N) is 3. The molecule has 0 fully saturated rings. The summed E-state index contributed by atoms with van der Waals surface area (Å²) >= 11 is 0. The monoisotopic (exact) mass is 685 g/mol. The average molecular weight is 686 g/mol. The zero-order valence-electron chi connectivity index (χ0n) is 29.2. The lowest BCUT2D eigenvalue weighted by Crippen LogP contribution is -1.98. The number of aromatic nitrogens is 3. The van der Waals surface area contributed by atoms with Crippen LogP contribution < -0.4 is 0 Å². The van der Waals surface area contributed by atoms with Crippen molar-refractivity contribution in [1.82, 2.24) is 14.1 Å². The molecular formula is C51H31N3. The molecule has 0 amide bonds. The maximum atomic E-state index is 5.32. The van der Waals surface area contributed by atoms with Crippen molar-refractivity contribution in [3.63, 3.8) is 0 Å². The number of hydrogen-bond donors (Lipinski definition) is 0. The maximum Gasteiger partial charge on any atom is 0.138 e. The van der Waals surface area contributed by atoms with E-state index in [0.29, 0.717) is 0 Å². The van der Waals surface area contributed by atoms with E-state index >= 15 is 0 Å². The highest BCUT2D eigenvalue weighted by molar-refractivity contribution is 6.16. The molecule has 1 aliphatic rings. The van der Waals surface area contributed by atoms with Crippen LogP contribution in [-0.4, -0.2) is 14.1 Å². The third kappa shape index (κ3) is 4.15. The number of para-hydroxylation sites is 2. The molecule has 0 N–H and O–H groups in total. The lowest BCUT2D eigenvalue weighted by atomic mass is 10.0. The quantitative estimate of drug-likeness (QED) is 0.181. The van der Waals surface area contributed by atoms with E-state index in [2.05, 4.69) is 197 Å². The van der Waals surface area contributed by atoms with E-state index in [1.54, 1.807) is 0 Å². The molecule has 3 heteroatoms. The lowest BCUT2D eigenvalue weighted by Gasteiger charge is -2.11. The predicted octanol–water partition coefficient (Wildman–Crippen LogP) is 13.4. The summed E-state index contributed by atoms with van der Waals surface area (Å²) in [5, 5.41) is 6.17. The summed E-state index contributed by atoms with van der Waals surface area (Å²) in [5.74, 6) is 0.941. The molecule has 0 unspecified atom stereocenters. The van der Waals surface area contributed by atoms with Crippen LogP contribution in [0.15, 0.2) is 188 Å². The van der Waals surface area contributed by atoms with Crippen molar-refractivity contribution in [3.8, 4) is 56.0 Å². The molecule has 1 aliphatic carbocycles. The predicted molar refractivity (Wildman–Crippen MR) is 226 cm³/mol. The summed E-state index contributed by atoms with van der Waals surface area (Å²) in [6.07, 6.45) is 0. The highest BCUT2D eigenvalue weighted by atomic mass is 15.1. The van der Waals surface area contributed by atoms with Gasteiger partial charge in [0.05, 0.1) is 27.6 Å². The summed E-state index contributed by atoms with van der Waals surface area (Å²) in [5.41, 5.74) is 16.8. The van der Waals surface area contributed by atoms with Crippen LogP contribution in [0.1, 0.15) is 0 Å². The second-order valence-corrected chi connectivity index (χ2v) is 14.4. The zero-order valence-corrected chi connectivity index (χ0v) is 29.2. The standard InChI is InChI=1S/C51H31N3/c1-2-12-32(13-3-1)33-14-10-15-36(28-33)53-46-22-8-6-18-39(46)42-29-34(24-26-48(42)53)35-25-27-49-43(30-35)40-19-7-9-23-47(40)54(49)50-31-44-38-17-5-4-16-37(38)41-20-11-21-45(52-50)51(41)44/h1-31H. The molecule has 0 radical (unpaired) electrons. The first-order chi connectivity index (χ1) is 26.8. The van der Waals surface area contributed by atoms with E-state index in [4.69, 9.17) is 4.98 Å². The van der Waals surface area contributed by atoms with Crippen LogP contribution in [0.3, 0.4) is 0 Å². The van der Waals surface area contributed by atoms with Gasteiger partial charge < -0.3 is 4.57 Å². The van der Waals surface area contributed by atoms with Crippen molar-refractivity contribution in [2.75, 3.05) is 0 Å². The van der Waals surface area contributed by atoms with Gasteiger partial charge in [-0.1, -0.05) is 127 Å². The SMILES string of the molecule is c1ccc(-c2cccc(-n3c4ccccc4c4cc(-c5ccc6c(c5)c5ccccc5n6-c5cc6c7c(cccc7n5)-c5ccccc5-6)ccc43)c2)cc1. The van der Waals surface area contributed by atoms with Gasteiger partial charge in [0, 0.05) is 32.6 Å². The summed E-state index contributed by atoms with van der Waals surface area (Å²) < 4.78 is 4.75. The van der Waals surface area contributed by atoms with Gasteiger partial charge in [0.2, 0.25) is 0 Å². The van der Waals surface area contributed by atoms with Gasteiger partial charge in [-0.15, -0.1) is 0 Å². The Morgan fingerprint density at radius 2 is 0.852 bits per heavy atom. The van der Waals surface area contributed by atoms with Gasteiger partial charge in [0.15, 0.2) is 0 Å². The molecule has 0 aliphatic heterocycles. The van der Waals surface area contributed by atoms with Gasteiger partial charge >= 0.3 is 0 Å². The molecule has 3 nitrogen and oxygen atoms in total. The third-order valence-corrected chi connectivity index (χ3v) is 11.4. The molecule has 8 aromatic carbocycles. The molecule has 0 saturated heterocycles. The zero-order chi connectivity index (χ0) is 35.3. The van der Waals surface area contributed by atoms with Crippen LogP contribution in [0.5, 0.6) is 0 Å². The molecule has 11 aromatic rings. The molecule has 12 rings (SSSR count). The molecule has 54 heavy (non-hydrogen) atoms. The van der Waals surface area contributed by atoms with Crippen molar-refractivity contribution in [3.05, 3.63) is 188 Å². The van der Waals surface area contributed by atoms with E-state index < -0.39 is 0 Å². The van der Waals surface area contributed by atoms with Crippen molar-refractivity contribution >= 4 is 54.5 Å². The van der Waals surface area contributed by atoms with Crippen molar-refractivity contribution in [2.24, 2.45) is 0 Å². The molecule has 3 aromatic heterocycles. The molecule has 3 heterocycles. The average Bonchev–Trinajstić information content (AvgIpc) is 3.87. The summed E-state index contributed by atoms with van der Waals surface area (Å²) in [6.45, 7) is 0. The largest absolute Gasteiger partial charge is 0.309 e. The first-order valence-corrected chi connectivity index (χ1v) is 18.6. The molecular weight excluding hydrogens is 655 g/mol. The molecule has 0 bridgehead atoms. The minimum atomic E-state index is 0.941. The molecule has 0 atom stereocenters. The minimum absolute atomic E-state index is 0.941. The normalized spacial score (nSPS) is 12.1. The van der Waals surface area contributed by atoms with Crippen LogP contribution in [0.4, 0.5) is 0 Å². The van der Waals surface area contributed by atoms with Crippen LogP contribution in [0.2, 0.25) is 0 Å². The van der Waals surface area contributed by atoms with Gasteiger partial charge in [-0.05, 0) is 105 Å². The van der Waals surface area contributed by atoms with E-state index in [1.165, 1.54) is 82.5 Å². The van der Waals surface area contributed by atoms with Crippen molar-refractivity contribution in [1.29, 1.82) is 0 Å². The summed E-state index contributed by atoms with van der Waals surface area (Å²) in [7, 11) is 0. The van der Waals surface area contributed by atoms with Crippen molar-refractivity contribution in [2.45, 2.75) is 0 Å². The highest BCUT2D eigenvalue weighted by Crippen LogP contribution is 2.48. The Morgan fingerprint density at radius 3 is 1.59 bits per heavy atom. The first kappa shape index (κ1) is 29.4. The maximum absolute atomic E-state index is 5.32. The number of fused-ring (bicyclic) bond motifs is 9. The number of benzene rings is 8. The third-order valence-electron chi connectivity index (χ3n) is 11.4. The van der Waals surface area contributed by atoms with Gasteiger partial charge in [0.25, 0.3) is 0 Å². The Morgan fingerprint density at radius 1 is 0.315 bits per heavy atom. The Kier molecular flexibility index (Phi) is 6.05. The minimum Gasteiger partial charge on any atom is -0.309 e. The Labute approximate surface area is 311 Å². The second kappa shape index (κ2) is 11.1. The Bertz CT molecular complexity index is 3330. The fourth-order valence-electron chi connectivity index (χ4n) is 9.06. The molecule has 0 saturated carbocycles. The van der Waals surface area contributed by atoms with Crippen LogP contribution in [0.25, 0.3) is 111 Å². The first-order valence-electron chi connectivity index (χ1n) is 18.6. The van der Waals surface area contributed by atoms with Crippen LogP contribution in [0, 0.1) is 0 Å². The van der Waals surface area contributed by atoms with Gasteiger partial charge in [-0.25, -0.2) is 4.98 Å². The summed E-state index contributed by atoms with van der Waals surface area (Å²) in [6, 6.07) is 68.4. The van der Waals surface area contributed by atoms with E-state index in [-0.39, 0.29) is 0 Å². The Hall–Kier alpha value is -7.23. The molecule has 0 spiro atoms. The lowest BCUT2D eigenvalue weighted by molar-refractivity contribution is 1.10. The fraction of sp³-hybridized carbons (Fsp3) is 0. The van der Waals surface area contributed by atoms with Crippen LogP contribution >= 0.6 is 0 Å².